The van der Waals surface area contributed by atoms with E-state index in [1.807, 2.05) is 6.92 Å². The van der Waals surface area contributed by atoms with Crippen LogP contribution >= 0.6 is 11.8 Å². The van der Waals surface area contributed by atoms with Gasteiger partial charge in [-0.25, -0.2) is 9.48 Å². The second-order valence-electron chi connectivity index (χ2n) is 17.4. The molecule has 2 atom stereocenters. The molecule has 0 aliphatic heterocycles. The minimum absolute atomic E-state index is 0.0207. The summed E-state index contributed by atoms with van der Waals surface area (Å²) in [6, 6.07) is -0.864. The monoisotopic (exact) mass is 951 g/mol. The Morgan fingerprint density at radius 3 is 1.70 bits per heavy atom. The second-order valence-corrected chi connectivity index (χ2v) is 18.7. The van der Waals surface area contributed by atoms with Gasteiger partial charge in [-0.3, -0.25) is 24.0 Å². The van der Waals surface area contributed by atoms with Gasteiger partial charge >= 0.3 is 17.9 Å². The van der Waals surface area contributed by atoms with E-state index < -0.39 is 24.1 Å². The van der Waals surface area contributed by atoms with Gasteiger partial charge in [-0.2, -0.15) is 11.8 Å². The smallest absolute Gasteiger partial charge is 0.330 e. The van der Waals surface area contributed by atoms with Crippen molar-refractivity contribution in [3.8, 4) is 0 Å². The van der Waals surface area contributed by atoms with Crippen LogP contribution in [0, 0.1) is 0 Å². The molecule has 2 unspecified atom stereocenters. The third-order valence-corrected chi connectivity index (χ3v) is 12.5. The molecule has 0 aromatic carbocycles. The van der Waals surface area contributed by atoms with Crippen LogP contribution in [0.25, 0.3) is 0 Å². The number of carbonyl (C=O) groups excluding carboxylic acids is 6. The molecule has 0 saturated carbocycles. The van der Waals surface area contributed by atoms with Crippen molar-refractivity contribution in [2.75, 3.05) is 44.4 Å². The molecular formula is C50H90N6O9S. The van der Waals surface area contributed by atoms with E-state index in [1.165, 1.54) is 101 Å². The molecule has 3 amide bonds. The summed E-state index contributed by atoms with van der Waals surface area (Å²) in [7, 11) is 0. The number of amides is 3. The summed E-state index contributed by atoms with van der Waals surface area (Å²) in [6.45, 7) is 10.7. The fraction of sp³-hybridized carbons (Fsp3) is 0.840. The molecule has 2 N–H and O–H groups in total. The van der Waals surface area contributed by atoms with Gasteiger partial charge < -0.3 is 29.7 Å². The highest BCUT2D eigenvalue weighted by Crippen LogP contribution is 2.15. The zero-order valence-electron chi connectivity index (χ0n) is 41.9. The number of aromatic nitrogens is 3. The first-order valence-electron chi connectivity index (χ1n) is 25.9. The maximum absolute atomic E-state index is 13.1. The second kappa shape index (κ2) is 41.5. The predicted octanol–water partition coefficient (Wildman–Crippen LogP) is 9.74. The van der Waals surface area contributed by atoms with Crippen LogP contribution < -0.4 is 10.6 Å². The Morgan fingerprint density at radius 2 is 1.15 bits per heavy atom. The Bertz CT molecular complexity index is 1450. The number of carbonyl (C=O) groups is 6. The molecule has 0 aliphatic carbocycles. The summed E-state index contributed by atoms with van der Waals surface area (Å²) in [4.78, 5) is 76.8. The molecule has 16 heteroatoms. The van der Waals surface area contributed by atoms with Gasteiger partial charge in [0.05, 0.1) is 12.7 Å². The van der Waals surface area contributed by atoms with E-state index in [4.69, 9.17) is 14.2 Å². The highest BCUT2D eigenvalue weighted by molar-refractivity contribution is 7.99. The maximum Gasteiger partial charge on any atom is 0.330 e. The van der Waals surface area contributed by atoms with Crippen LogP contribution in [-0.2, 0) is 49.5 Å². The molecule has 15 nitrogen and oxygen atoms in total. The van der Waals surface area contributed by atoms with Gasteiger partial charge in [0.2, 0.25) is 17.7 Å². The molecule has 0 fully saturated rings. The Morgan fingerprint density at radius 1 is 0.621 bits per heavy atom. The predicted molar refractivity (Wildman–Crippen MR) is 263 cm³/mol. The molecule has 380 valence electrons. The summed E-state index contributed by atoms with van der Waals surface area (Å²) < 4.78 is 18.1. The molecular weight excluding hydrogens is 861 g/mol. The quantitative estimate of drug-likeness (QED) is 0.0359. The van der Waals surface area contributed by atoms with E-state index in [0.717, 1.165) is 38.5 Å². The van der Waals surface area contributed by atoms with Crippen molar-refractivity contribution < 1.29 is 43.0 Å². The van der Waals surface area contributed by atoms with Gasteiger partial charge in [-0.15, -0.1) is 5.10 Å². The van der Waals surface area contributed by atoms with Gasteiger partial charge in [-0.05, 0) is 19.8 Å². The topological polar surface area (TPSA) is 188 Å². The lowest BCUT2D eigenvalue weighted by Gasteiger charge is -2.22. The molecule has 0 radical (unpaired) electrons. The third-order valence-electron chi connectivity index (χ3n) is 11.5. The van der Waals surface area contributed by atoms with Crippen LogP contribution in [0.15, 0.2) is 6.20 Å². The lowest BCUT2D eigenvalue weighted by atomic mass is 10.1. The molecule has 0 saturated heterocycles. The number of hydrogen-bond donors (Lipinski definition) is 2. The minimum atomic E-state index is -0.945. The highest BCUT2D eigenvalue weighted by atomic mass is 32.2. The zero-order valence-corrected chi connectivity index (χ0v) is 42.7. The van der Waals surface area contributed by atoms with Crippen molar-refractivity contribution in [1.82, 2.24) is 30.5 Å². The fourth-order valence-electron chi connectivity index (χ4n) is 7.23. The van der Waals surface area contributed by atoms with Crippen LogP contribution in [0.3, 0.4) is 0 Å². The average Bonchev–Trinajstić information content (AvgIpc) is 3.80. The standard InChI is InChI=1S/C50H90N6O9S/c1-6-10-12-14-16-18-20-22-24-26-28-30-48(60)63-40-44(65-49(61)31-29-27-25-23-21-19-17-15-13-11-7-2)41-64-50(62)42(5)56-39-43(53-54-56)38-52-46(58)32-36-66-37-35-55(47(59)9-4)34-33-51-45(57)8-3/h39,42,44H,6-38,40-41H2,1-5H3,(H,51,57)(H,52,58). The number of esters is 3. The third kappa shape index (κ3) is 32.9. The molecule has 1 heterocycles. The lowest BCUT2D eigenvalue weighted by Crippen LogP contribution is -2.39. The van der Waals surface area contributed by atoms with Crippen molar-refractivity contribution in [2.24, 2.45) is 0 Å². The van der Waals surface area contributed by atoms with E-state index in [2.05, 4.69) is 34.8 Å². The SMILES string of the molecule is CCCCCCCCCCCCCC(=O)OCC(COC(=O)C(C)n1cc(CNC(=O)CCSCCN(CCNC(=O)CC)C(=O)CC)nn1)OC(=O)CCCCCCCCCCCCC. The van der Waals surface area contributed by atoms with Crippen molar-refractivity contribution >= 4 is 47.4 Å². The van der Waals surface area contributed by atoms with Gasteiger partial charge in [0, 0.05) is 63.2 Å². The van der Waals surface area contributed by atoms with Gasteiger partial charge in [0.15, 0.2) is 6.10 Å². The summed E-state index contributed by atoms with van der Waals surface area (Å²) >= 11 is 1.57. The van der Waals surface area contributed by atoms with E-state index in [0.29, 0.717) is 56.1 Å². The van der Waals surface area contributed by atoms with Crippen molar-refractivity contribution in [3.63, 3.8) is 0 Å². The summed E-state index contributed by atoms with van der Waals surface area (Å²) in [5.74, 6) is -0.377. The molecule has 1 aromatic rings. The molecule has 1 rings (SSSR count). The Labute approximate surface area is 402 Å². The van der Waals surface area contributed by atoms with Crippen LogP contribution in [0.1, 0.15) is 220 Å². The summed E-state index contributed by atoms with van der Waals surface area (Å²) in [6.07, 6.45) is 28.0. The number of hydrogen-bond acceptors (Lipinski definition) is 12. The van der Waals surface area contributed by atoms with Crippen LogP contribution in [-0.4, -0.2) is 106 Å². The minimum Gasteiger partial charge on any atom is -0.462 e. The molecule has 0 bridgehead atoms. The first-order chi connectivity index (χ1) is 32.0. The number of rotatable bonds is 44. The summed E-state index contributed by atoms with van der Waals surface area (Å²) in [5, 5.41) is 13.8. The van der Waals surface area contributed by atoms with Crippen molar-refractivity contribution in [1.29, 1.82) is 0 Å². The van der Waals surface area contributed by atoms with E-state index >= 15 is 0 Å². The van der Waals surface area contributed by atoms with Crippen LogP contribution in [0.4, 0.5) is 0 Å². The Hall–Kier alpha value is -3.69. The molecule has 0 aliphatic rings. The maximum atomic E-state index is 13.1. The number of unbranched alkanes of at least 4 members (excludes halogenated alkanes) is 20. The molecule has 66 heavy (non-hydrogen) atoms. The number of ether oxygens (including phenoxy) is 3. The van der Waals surface area contributed by atoms with Crippen LogP contribution in [0.5, 0.6) is 0 Å². The van der Waals surface area contributed by atoms with Crippen LogP contribution in [0.2, 0.25) is 0 Å². The zero-order chi connectivity index (χ0) is 48.5. The number of nitrogens with one attached hydrogen (secondary N) is 2. The lowest BCUT2D eigenvalue weighted by molar-refractivity contribution is -0.168. The highest BCUT2D eigenvalue weighted by Gasteiger charge is 2.24. The normalized spacial score (nSPS) is 12.0. The van der Waals surface area contributed by atoms with Gasteiger partial charge in [0.1, 0.15) is 24.9 Å². The van der Waals surface area contributed by atoms with E-state index in [9.17, 15) is 28.8 Å². The first kappa shape index (κ1) is 60.3. The molecule has 0 spiro atoms. The van der Waals surface area contributed by atoms with Gasteiger partial charge in [-0.1, -0.05) is 161 Å². The number of nitrogens with zero attached hydrogens (tertiary/aromatic N) is 4. The Balaban J connectivity index is 2.55. The first-order valence-corrected chi connectivity index (χ1v) is 27.0. The molecule has 1 aromatic heterocycles. The number of thioether (sulfide) groups is 1. The van der Waals surface area contributed by atoms with Crippen molar-refractivity contribution in [2.45, 2.75) is 227 Å². The van der Waals surface area contributed by atoms with E-state index in [-0.39, 0.29) is 62.7 Å². The average molecular weight is 951 g/mol. The largest absolute Gasteiger partial charge is 0.462 e. The fourth-order valence-corrected chi connectivity index (χ4v) is 8.12. The summed E-state index contributed by atoms with van der Waals surface area (Å²) in [5.41, 5.74) is 0.457. The van der Waals surface area contributed by atoms with Gasteiger partial charge in [0.25, 0.3) is 0 Å². The van der Waals surface area contributed by atoms with Crippen molar-refractivity contribution in [3.05, 3.63) is 11.9 Å². The van der Waals surface area contributed by atoms with E-state index in [1.54, 1.807) is 36.7 Å². The Kier molecular flexibility index (Phi) is 37.9.